The Bertz CT molecular complexity index is 980. The van der Waals surface area contributed by atoms with Crippen molar-refractivity contribution in [2.24, 2.45) is 11.3 Å². The maximum atomic E-state index is 12.2. The highest BCUT2D eigenvalue weighted by Gasteiger charge is 3.00. The number of carbonyl (C=O) groups excluding carboxylic acids is 2. The number of ether oxygens (including phenoxy) is 5. The largest absolute Gasteiger partial charge is 0.457 e. The molecule has 8 atom stereocenters. The lowest BCUT2D eigenvalue weighted by atomic mass is 9.50. The van der Waals surface area contributed by atoms with Crippen LogP contribution in [0.15, 0.2) is 22.8 Å². The summed E-state index contributed by atoms with van der Waals surface area (Å²) in [6.07, 6.45) is 2.66. The van der Waals surface area contributed by atoms with E-state index in [1.54, 1.807) is 0 Å². The van der Waals surface area contributed by atoms with Crippen LogP contribution in [0.3, 0.4) is 0 Å². The molecule has 7 heteroatoms. The van der Waals surface area contributed by atoms with Crippen LogP contribution < -0.4 is 0 Å². The number of fused-ring (bicyclic) bond motifs is 4. The molecule has 0 aromatic rings. The van der Waals surface area contributed by atoms with E-state index in [-0.39, 0.29) is 41.6 Å². The maximum Gasteiger partial charge on any atom is 0.334 e. The second-order valence-corrected chi connectivity index (χ2v) is 10.1. The van der Waals surface area contributed by atoms with E-state index in [0.29, 0.717) is 13.0 Å². The predicted molar refractivity (Wildman–Crippen MR) is 96.6 cm³/mol. The maximum absolute atomic E-state index is 12.2. The van der Waals surface area contributed by atoms with E-state index in [1.165, 1.54) is 6.92 Å². The number of hydrogen-bond donors (Lipinski definition) is 0. The second-order valence-electron chi connectivity index (χ2n) is 10.1. The monoisotopic (exact) mass is 400 g/mol. The number of hydrogen-bond acceptors (Lipinski definition) is 7. The van der Waals surface area contributed by atoms with Crippen molar-refractivity contribution in [3.05, 3.63) is 22.8 Å². The zero-order valence-electron chi connectivity index (χ0n) is 16.9. The first-order valence-corrected chi connectivity index (χ1v) is 10.6. The Morgan fingerprint density at radius 1 is 1.21 bits per heavy atom. The number of rotatable bonds is 2. The van der Waals surface area contributed by atoms with Gasteiger partial charge < -0.3 is 23.7 Å². The van der Waals surface area contributed by atoms with Gasteiger partial charge in [-0.3, -0.25) is 4.79 Å². The van der Waals surface area contributed by atoms with Crippen molar-refractivity contribution < 1.29 is 33.3 Å². The van der Waals surface area contributed by atoms with Gasteiger partial charge in [0.1, 0.15) is 36.1 Å². The lowest BCUT2D eigenvalue weighted by Crippen LogP contribution is -2.68. The van der Waals surface area contributed by atoms with E-state index in [4.69, 9.17) is 23.7 Å². The van der Waals surface area contributed by atoms with Gasteiger partial charge in [-0.2, -0.15) is 0 Å². The minimum absolute atomic E-state index is 0.0874. The SMILES string of the molecule is CC(=O)O[C@@H]1[C@@]2(C(C)C)O[C@H]2[C@@H]2O[C@]23[C@]12O[C@H]2C=C1C2=C(CC[C@@]13C)C(=O)OC2. The topological polar surface area (TPSA) is 90.2 Å². The van der Waals surface area contributed by atoms with E-state index < -0.39 is 22.9 Å². The molecule has 3 saturated heterocycles. The van der Waals surface area contributed by atoms with Gasteiger partial charge in [-0.05, 0) is 30.4 Å². The molecule has 154 valence electrons. The minimum atomic E-state index is -0.722. The third-order valence-corrected chi connectivity index (χ3v) is 8.79. The van der Waals surface area contributed by atoms with Gasteiger partial charge in [-0.15, -0.1) is 0 Å². The molecule has 29 heavy (non-hydrogen) atoms. The van der Waals surface area contributed by atoms with Crippen LogP contribution in [0.5, 0.6) is 0 Å². The van der Waals surface area contributed by atoms with Crippen LogP contribution in [0.4, 0.5) is 0 Å². The molecule has 0 unspecified atom stereocenters. The Labute approximate surface area is 168 Å². The molecule has 0 radical (unpaired) electrons. The van der Waals surface area contributed by atoms with Crippen LogP contribution in [0, 0.1) is 11.3 Å². The number of epoxide rings is 3. The van der Waals surface area contributed by atoms with Crippen molar-refractivity contribution in [3.63, 3.8) is 0 Å². The van der Waals surface area contributed by atoms with E-state index in [2.05, 4.69) is 26.8 Å². The molecule has 0 amide bonds. The van der Waals surface area contributed by atoms with Crippen molar-refractivity contribution in [3.8, 4) is 0 Å². The van der Waals surface area contributed by atoms with Gasteiger partial charge in [0.15, 0.2) is 11.7 Å². The summed E-state index contributed by atoms with van der Waals surface area (Å²) in [5.41, 5.74) is 0.687. The number of esters is 2. The Balaban J connectivity index is 1.42. The molecular formula is C22H24O7. The molecule has 0 aromatic heterocycles. The molecule has 2 spiro atoms. The lowest BCUT2D eigenvalue weighted by Gasteiger charge is -2.50. The zero-order valence-corrected chi connectivity index (χ0v) is 16.9. The summed E-state index contributed by atoms with van der Waals surface area (Å²) in [5.74, 6) is -0.364. The fraction of sp³-hybridized carbons (Fsp3) is 0.727. The Kier molecular flexibility index (Phi) is 2.63. The van der Waals surface area contributed by atoms with Crippen molar-refractivity contribution in [2.45, 2.75) is 81.8 Å². The quantitative estimate of drug-likeness (QED) is 0.514. The van der Waals surface area contributed by atoms with Gasteiger partial charge in [0.25, 0.3) is 0 Å². The zero-order chi connectivity index (χ0) is 20.1. The second kappa shape index (κ2) is 4.48. The first-order valence-electron chi connectivity index (χ1n) is 10.6. The van der Waals surface area contributed by atoms with Crippen molar-refractivity contribution >= 4 is 11.9 Å². The van der Waals surface area contributed by atoms with Gasteiger partial charge in [0.2, 0.25) is 0 Å². The van der Waals surface area contributed by atoms with Gasteiger partial charge in [0.05, 0.1) is 0 Å². The normalized spacial score (nSPS) is 54.8. The van der Waals surface area contributed by atoms with Crippen LogP contribution >= 0.6 is 0 Å². The predicted octanol–water partition coefficient (Wildman–Crippen LogP) is 1.59. The van der Waals surface area contributed by atoms with E-state index in [1.807, 2.05) is 0 Å². The van der Waals surface area contributed by atoms with Crippen molar-refractivity contribution in [2.75, 3.05) is 6.61 Å². The highest BCUT2D eigenvalue weighted by atomic mass is 16.8. The van der Waals surface area contributed by atoms with Crippen molar-refractivity contribution in [1.82, 2.24) is 0 Å². The van der Waals surface area contributed by atoms with Crippen LogP contribution in [-0.4, -0.2) is 59.8 Å². The summed E-state index contributed by atoms with van der Waals surface area (Å²) in [7, 11) is 0. The number of carbonyl (C=O) groups is 2. The minimum Gasteiger partial charge on any atom is -0.457 e. The molecule has 7 aliphatic rings. The first kappa shape index (κ1) is 17.0. The lowest BCUT2D eigenvalue weighted by molar-refractivity contribution is -0.163. The number of cyclic esters (lactones) is 1. The third-order valence-electron chi connectivity index (χ3n) is 8.79. The highest BCUT2D eigenvalue weighted by molar-refractivity contribution is 5.94. The highest BCUT2D eigenvalue weighted by Crippen LogP contribution is 2.82. The molecule has 3 aliphatic carbocycles. The van der Waals surface area contributed by atoms with Crippen LogP contribution in [0.1, 0.15) is 40.5 Å². The van der Waals surface area contributed by atoms with Gasteiger partial charge in [-0.25, -0.2) is 4.79 Å². The van der Waals surface area contributed by atoms with Crippen LogP contribution in [-0.2, 0) is 33.3 Å². The summed E-state index contributed by atoms with van der Waals surface area (Å²) < 4.78 is 30.6. The third kappa shape index (κ3) is 1.48. The molecule has 1 saturated carbocycles. The average Bonchev–Trinajstić information content (AvgIpc) is 3.53. The molecule has 4 heterocycles. The van der Waals surface area contributed by atoms with Crippen LogP contribution in [0.2, 0.25) is 0 Å². The molecule has 4 fully saturated rings. The summed E-state index contributed by atoms with van der Waals surface area (Å²) >= 11 is 0. The molecule has 7 rings (SSSR count). The molecule has 0 bridgehead atoms. The van der Waals surface area contributed by atoms with E-state index in [9.17, 15) is 9.59 Å². The molecular weight excluding hydrogens is 376 g/mol. The molecule has 7 nitrogen and oxygen atoms in total. The van der Waals surface area contributed by atoms with E-state index in [0.717, 1.165) is 23.1 Å². The van der Waals surface area contributed by atoms with Gasteiger partial charge >= 0.3 is 11.9 Å². The van der Waals surface area contributed by atoms with Crippen molar-refractivity contribution in [1.29, 1.82) is 0 Å². The van der Waals surface area contributed by atoms with Gasteiger partial charge in [-0.1, -0.05) is 20.8 Å². The summed E-state index contributed by atoms with van der Waals surface area (Å²) in [6.45, 7) is 8.17. The summed E-state index contributed by atoms with van der Waals surface area (Å²) in [5, 5.41) is 0. The first-order chi connectivity index (χ1) is 13.7. The fourth-order valence-electron chi connectivity index (χ4n) is 7.41. The Morgan fingerprint density at radius 3 is 2.72 bits per heavy atom. The smallest absolute Gasteiger partial charge is 0.334 e. The molecule has 0 aromatic carbocycles. The van der Waals surface area contributed by atoms with E-state index >= 15 is 0 Å². The summed E-state index contributed by atoms with van der Waals surface area (Å²) in [6, 6.07) is 0. The Hall–Kier alpha value is -1.70. The summed E-state index contributed by atoms with van der Waals surface area (Å²) in [4.78, 5) is 24.2. The standard InChI is InChI=1S/C22H24O7/c1-9(2)20-15(28-20)16-22(29-16)19(4)6-5-11-12(8-25-17(11)24)13(19)7-14-21(22,27-14)18(20)26-10(3)23/h7,9,14-16,18H,5-6,8H2,1-4H3/t14-,15-,16-,18+,19-,20-,21+,22+/m0/s1. The average molecular weight is 400 g/mol. The Morgan fingerprint density at radius 2 is 2.00 bits per heavy atom. The molecule has 0 N–H and O–H groups in total. The van der Waals surface area contributed by atoms with Gasteiger partial charge in [0, 0.05) is 23.5 Å². The fourth-order valence-corrected chi connectivity index (χ4v) is 7.41. The van der Waals surface area contributed by atoms with Crippen LogP contribution in [0.25, 0.3) is 0 Å². The molecule has 4 aliphatic heterocycles.